The maximum atomic E-state index is 8.72. The average Bonchev–Trinajstić information content (AvgIpc) is 2.38. The van der Waals surface area contributed by atoms with E-state index in [0.717, 1.165) is 32.5 Å². The molecule has 0 radical (unpaired) electrons. The van der Waals surface area contributed by atoms with Crippen LogP contribution in [0.2, 0.25) is 5.15 Å². The quantitative estimate of drug-likeness (QED) is 0.828. The van der Waals surface area contributed by atoms with E-state index in [-0.39, 0.29) is 6.61 Å². The van der Waals surface area contributed by atoms with E-state index in [9.17, 15) is 0 Å². The molecule has 0 saturated carbocycles. The topological polar surface area (TPSA) is 45.6 Å². The maximum absolute atomic E-state index is 8.72. The molecule has 0 atom stereocenters. The Bertz CT molecular complexity index is 368. The number of hydrogen-bond donors (Lipinski definition) is 1. The third kappa shape index (κ3) is 4.21. The van der Waals surface area contributed by atoms with Gasteiger partial charge in [0.15, 0.2) is 0 Å². The van der Waals surface area contributed by atoms with Crippen LogP contribution in [0.5, 0.6) is 0 Å². The van der Waals surface area contributed by atoms with Crippen molar-refractivity contribution in [3.63, 3.8) is 0 Å². The highest BCUT2D eigenvalue weighted by atomic mass is 35.5. The zero-order valence-corrected chi connectivity index (χ0v) is 11.1. The molecule has 1 saturated heterocycles. The van der Waals surface area contributed by atoms with Crippen LogP contribution in [0.4, 0.5) is 0 Å². The summed E-state index contributed by atoms with van der Waals surface area (Å²) in [5, 5.41) is 9.27. The van der Waals surface area contributed by atoms with Crippen molar-refractivity contribution in [1.82, 2.24) is 9.88 Å². The molecule has 18 heavy (non-hydrogen) atoms. The van der Waals surface area contributed by atoms with Gasteiger partial charge in [0.2, 0.25) is 0 Å². The molecule has 0 amide bonds. The molecule has 1 fully saturated rings. The Morgan fingerprint density at radius 1 is 1.44 bits per heavy atom. The van der Waals surface area contributed by atoms with Crippen molar-refractivity contribution in [3.05, 3.63) is 29.0 Å². The normalized spacial score (nSPS) is 18.1. The zero-order chi connectivity index (χ0) is 12.8. The number of piperidine rings is 1. The van der Waals surface area contributed by atoms with Crippen LogP contribution in [-0.2, 0) is 11.3 Å². The van der Waals surface area contributed by atoms with Crippen molar-refractivity contribution in [2.24, 2.45) is 0 Å². The Balaban J connectivity index is 1.76. The van der Waals surface area contributed by atoms with Gasteiger partial charge >= 0.3 is 0 Å². The van der Waals surface area contributed by atoms with Gasteiger partial charge in [-0.1, -0.05) is 11.6 Å². The summed E-state index contributed by atoms with van der Waals surface area (Å²) in [6, 6.07) is 3.91. The molecular weight excluding hydrogens is 252 g/mol. The second-order valence-corrected chi connectivity index (χ2v) is 4.94. The monoisotopic (exact) mass is 270 g/mol. The molecule has 0 aromatic carbocycles. The van der Waals surface area contributed by atoms with Crippen LogP contribution in [0, 0.1) is 0 Å². The van der Waals surface area contributed by atoms with E-state index in [2.05, 4.69) is 9.88 Å². The first-order chi connectivity index (χ1) is 8.78. The van der Waals surface area contributed by atoms with Crippen LogP contribution in [0.1, 0.15) is 18.4 Å². The lowest BCUT2D eigenvalue weighted by atomic mass is 10.1. The van der Waals surface area contributed by atoms with E-state index in [0.29, 0.717) is 17.9 Å². The summed E-state index contributed by atoms with van der Waals surface area (Å²) >= 11 is 5.87. The van der Waals surface area contributed by atoms with Crippen molar-refractivity contribution in [3.8, 4) is 0 Å². The lowest BCUT2D eigenvalue weighted by Crippen LogP contribution is -2.36. The van der Waals surface area contributed by atoms with Crippen LogP contribution in [0.3, 0.4) is 0 Å². The Morgan fingerprint density at radius 2 is 2.22 bits per heavy atom. The minimum Gasteiger partial charge on any atom is -0.394 e. The van der Waals surface area contributed by atoms with E-state index in [4.69, 9.17) is 21.4 Å². The van der Waals surface area contributed by atoms with Crippen molar-refractivity contribution >= 4 is 11.6 Å². The van der Waals surface area contributed by atoms with Crippen molar-refractivity contribution in [1.29, 1.82) is 0 Å². The van der Waals surface area contributed by atoms with Gasteiger partial charge < -0.3 is 9.84 Å². The standard InChI is InChI=1S/C13H19ClN2O2/c14-13-9-11(1-4-15-13)10-16-5-2-12(3-6-16)18-8-7-17/h1,4,9,12,17H,2-3,5-8,10H2. The highest BCUT2D eigenvalue weighted by Gasteiger charge is 2.19. The second-order valence-electron chi connectivity index (χ2n) is 4.56. The Hall–Kier alpha value is -0.680. The minimum atomic E-state index is 0.107. The molecule has 0 spiro atoms. The summed E-state index contributed by atoms with van der Waals surface area (Å²) in [6.45, 7) is 3.52. The smallest absolute Gasteiger partial charge is 0.129 e. The molecule has 4 nitrogen and oxygen atoms in total. The number of aromatic nitrogens is 1. The maximum Gasteiger partial charge on any atom is 0.129 e. The number of rotatable bonds is 5. The molecule has 2 heterocycles. The average molecular weight is 271 g/mol. The fraction of sp³-hybridized carbons (Fsp3) is 0.615. The summed E-state index contributed by atoms with van der Waals surface area (Å²) in [5.41, 5.74) is 1.20. The van der Waals surface area contributed by atoms with Crippen molar-refractivity contribution in [2.45, 2.75) is 25.5 Å². The van der Waals surface area contributed by atoms with Gasteiger partial charge in [-0.25, -0.2) is 4.98 Å². The number of likely N-dealkylation sites (tertiary alicyclic amines) is 1. The molecule has 1 aliphatic heterocycles. The van der Waals surface area contributed by atoms with Crippen molar-refractivity contribution < 1.29 is 9.84 Å². The molecule has 100 valence electrons. The number of nitrogens with zero attached hydrogens (tertiary/aromatic N) is 2. The van der Waals surface area contributed by atoms with E-state index in [1.165, 1.54) is 5.56 Å². The highest BCUT2D eigenvalue weighted by molar-refractivity contribution is 6.29. The van der Waals surface area contributed by atoms with Crippen LogP contribution in [0.25, 0.3) is 0 Å². The molecule has 0 bridgehead atoms. The Kier molecular flexibility index (Phi) is 5.38. The first kappa shape index (κ1) is 13.7. The van der Waals surface area contributed by atoms with Gasteiger partial charge in [-0.3, -0.25) is 4.90 Å². The predicted octanol–water partition coefficient (Wildman–Crippen LogP) is 1.71. The fourth-order valence-corrected chi connectivity index (χ4v) is 2.45. The largest absolute Gasteiger partial charge is 0.394 e. The van der Waals surface area contributed by atoms with Crippen LogP contribution >= 0.6 is 11.6 Å². The second kappa shape index (κ2) is 7.04. The SMILES string of the molecule is OCCOC1CCN(Cc2ccnc(Cl)c2)CC1. The number of aliphatic hydroxyl groups excluding tert-OH is 1. The number of ether oxygens (including phenoxy) is 1. The third-order valence-electron chi connectivity index (χ3n) is 3.18. The number of aliphatic hydroxyl groups is 1. The molecule has 1 aliphatic rings. The predicted molar refractivity (Wildman–Crippen MR) is 70.6 cm³/mol. The molecule has 1 aromatic rings. The zero-order valence-electron chi connectivity index (χ0n) is 10.4. The number of pyridine rings is 1. The van der Waals surface area contributed by atoms with Gasteiger partial charge in [-0.05, 0) is 30.5 Å². The lowest BCUT2D eigenvalue weighted by molar-refractivity contribution is -0.00901. The summed E-state index contributed by atoms with van der Waals surface area (Å²) in [6.07, 6.45) is 4.10. The summed E-state index contributed by atoms with van der Waals surface area (Å²) in [7, 11) is 0. The molecular formula is C13H19ClN2O2. The van der Waals surface area contributed by atoms with Gasteiger partial charge in [-0.2, -0.15) is 0 Å². The summed E-state index contributed by atoms with van der Waals surface area (Å²) in [5.74, 6) is 0. The minimum absolute atomic E-state index is 0.107. The van der Waals surface area contributed by atoms with Crippen LogP contribution < -0.4 is 0 Å². The lowest BCUT2D eigenvalue weighted by Gasteiger charge is -2.31. The summed E-state index contributed by atoms with van der Waals surface area (Å²) in [4.78, 5) is 6.38. The molecule has 1 aromatic heterocycles. The first-order valence-electron chi connectivity index (χ1n) is 6.33. The van der Waals surface area contributed by atoms with Crippen molar-refractivity contribution in [2.75, 3.05) is 26.3 Å². The van der Waals surface area contributed by atoms with Gasteiger partial charge in [0.05, 0.1) is 19.3 Å². The van der Waals surface area contributed by atoms with E-state index in [1.54, 1.807) is 6.20 Å². The Labute approximate surface area is 113 Å². The number of halogens is 1. The molecule has 5 heteroatoms. The Morgan fingerprint density at radius 3 is 2.89 bits per heavy atom. The number of hydrogen-bond acceptors (Lipinski definition) is 4. The fourth-order valence-electron chi connectivity index (χ4n) is 2.25. The van der Waals surface area contributed by atoms with Gasteiger partial charge in [-0.15, -0.1) is 0 Å². The van der Waals surface area contributed by atoms with E-state index < -0.39 is 0 Å². The van der Waals surface area contributed by atoms with Crippen LogP contribution in [-0.4, -0.2) is 47.4 Å². The summed E-state index contributed by atoms with van der Waals surface area (Å²) < 4.78 is 5.54. The first-order valence-corrected chi connectivity index (χ1v) is 6.71. The van der Waals surface area contributed by atoms with E-state index in [1.807, 2.05) is 12.1 Å². The molecule has 2 rings (SSSR count). The third-order valence-corrected chi connectivity index (χ3v) is 3.38. The van der Waals surface area contributed by atoms with Gasteiger partial charge in [0.25, 0.3) is 0 Å². The molecule has 0 unspecified atom stereocenters. The van der Waals surface area contributed by atoms with Gasteiger partial charge in [0.1, 0.15) is 5.15 Å². The molecule has 1 N–H and O–H groups in total. The van der Waals surface area contributed by atoms with Crippen LogP contribution in [0.15, 0.2) is 18.3 Å². The molecule has 0 aliphatic carbocycles. The van der Waals surface area contributed by atoms with E-state index >= 15 is 0 Å². The highest BCUT2D eigenvalue weighted by Crippen LogP contribution is 2.17. The van der Waals surface area contributed by atoms with Gasteiger partial charge in [0, 0.05) is 25.8 Å².